The van der Waals surface area contributed by atoms with Crippen LogP contribution < -0.4 is 0 Å². The van der Waals surface area contributed by atoms with Gasteiger partial charge < -0.3 is 0 Å². The molecule has 0 fully saturated rings. The molecule has 3 heteroatoms. The molecule has 46 heavy (non-hydrogen) atoms. The molecule has 5 aromatic carbocycles. The Kier molecular flexibility index (Phi) is 9.40. The van der Waals surface area contributed by atoms with Gasteiger partial charge in [-0.15, -0.1) is 0 Å². The van der Waals surface area contributed by atoms with Crippen LogP contribution in [0.3, 0.4) is 0 Å². The first-order valence-corrected chi connectivity index (χ1v) is 15.9. The zero-order valence-electron chi connectivity index (χ0n) is 26.6. The summed E-state index contributed by atoms with van der Waals surface area (Å²) in [5, 5.41) is 0. The molecule has 0 saturated carbocycles. The van der Waals surface area contributed by atoms with Gasteiger partial charge in [-0.25, -0.2) is 9.98 Å². The van der Waals surface area contributed by atoms with Crippen molar-refractivity contribution in [2.75, 3.05) is 0 Å². The van der Waals surface area contributed by atoms with Crippen LogP contribution >= 0.6 is 0 Å². The van der Waals surface area contributed by atoms with Gasteiger partial charge in [0, 0.05) is 16.6 Å². The van der Waals surface area contributed by atoms with Crippen LogP contribution in [0.5, 0.6) is 0 Å². The molecule has 5 aromatic rings. The van der Waals surface area contributed by atoms with Crippen LogP contribution in [-0.4, -0.2) is 18.4 Å². The second-order valence-electron chi connectivity index (χ2n) is 12.1. The molecule has 0 heterocycles. The molecule has 226 valence electrons. The van der Waals surface area contributed by atoms with Crippen LogP contribution in [-0.2, 0) is 12.0 Å². The van der Waals surface area contributed by atoms with Crippen molar-refractivity contribution in [3.63, 3.8) is 0 Å². The maximum Gasteiger partial charge on any atom is 0.161 e. The third-order valence-corrected chi connectivity index (χ3v) is 8.64. The minimum atomic E-state index is -0.153. The maximum absolute atomic E-state index is 4.97. The SMILES string of the molecule is C=NC(=NC(=NCc1ccc(C(C)(C)c2ccc(-c3cccc(-c4ccccc4)c3)cc2)cc1)C1=CCCC=C1)c1ccccc1. The molecule has 0 saturated heterocycles. The summed E-state index contributed by atoms with van der Waals surface area (Å²) in [6, 6.07) is 47.0. The number of amidine groups is 2. The predicted molar refractivity (Wildman–Crippen MR) is 196 cm³/mol. The van der Waals surface area contributed by atoms with Crippen molar-refractivity contribution in [1.82, 2.24) is 0 Å². The van der Waals surface area contributed by atoms with Crippen LogP contribution in [0, 0.1) is 0 Å². The standard InChI is InChI=1S/C43H39N3/c1-43(2,40-28-24-34(25-29-40)38-21-13-20-37(30-38)33-14-7-4-8-15-33)39-26-22-32(23-27-39)31-45-42(36-18-11-6-12-19-36)46-41(44-3)35-16-9-5-10-17-35/h4-5,7-11,13-30H,3,6,12,31H2,1-2H3. The lowest BCUT2D eigenvalue weighted by Gasteiger charge is -2.26. The quantitative estimate of drug-likeness (QED) is 0.126. The number of hydrogen-bond donors (Lipinski definition) is 0. The van der Waals surface area contributed by atoms with Crippen molar-refractivity contribution in [3.8, 4) is 22.3 Å². The summed E-state index contributed by atoms with van der Waals surface area (Å²) in [6.07, 6.45) is 8.50. The van der Waals surface area contributed by atoms with E-state index in [1.807, 2.05) is 30.3 Å². The molecule has 0 spiro atoms. The topological polar surface area (TPSA) is 37.1 Å². The van der Waals surface area contributed by atoms with Gasteiger partial charge in [-0.1, -0.05) is 159 Å². The zero-order valence-corrected chi connectivity index (χ0v) is 26.6. The molecule has 0 unspecified atom stereocenters. The summed E-state index contributed by atoms with van der Waals surface area (Å²) < 4.78 is 0. The van der Waals surface area contributed by atoms with E-state index in [4.69, 9.17) is 9.98 Å². The first-order valence-electron chi connectivity index (χ1n) is 15.9. The smallest absolute Gasteiger partial charge is 0.161 e. The summed E-state index contributed by atoms with van der Waals surface area (Å²) in [5.74, 6) is 1.26. The van der Waals surface area contributed by atoms with Crippen molar-refractivity contribution in [3.05, 3.63) is 180 Å². The Morgan fingerprint density at radius 1 is 0.630 bits per heavy atom. The molecule has 6 rings (SSSR count). The lowest BCUT2D eigenvalue weighted by molar-refractivity contribution is 0.640. The predicted octanol–water partition coefficient (Wildman–Crippen LogP) is 10.7. The van der Waals surface area contributed by atoms with E-state index in [1.54, 1.807) is 0 Å². The molecule has 0 N–H and O–H groups in total. The van der Waals surface area contributed by atoms with Crippen LogP contribution in [0.25, 0.3) is 22.3 Å². The summed E-state index contributed by atoms with van der Waals surface area (Å²) in [4.78, 5) is 14.1. The molecule has 0 radical (unpaired) electrons. The molecule has 3 nitrogen and oxygen atoms in total. The average molecular weight is 598 g/mol. The van der Waals surface area contributed by atoms with Crippen LogP contribution in [0.1, 0.15) is 48.9 Å². The fourth-order valence-electron chi connectivity index (χ4n) is 5.80. The van der Waals surface area contributed by atoms with E-state index in [0.29, 0.717) is 18.2 Å². The van der Waals surface area contributed by atoms with Gasteiger partial charge >= 0.3 is 0 Å². The van der Waals surface area contributed by atoms with Gasteiger partial charge in [-0.05, 0) is 64.6 Å². The van der Waals surface area contributed by atoms with Gasteiger partial charge in [-0.3, -0.25) is 4.99 Å². The molecule has 0 bridgehead atoms. The van der Waals surface area contributed by atoms with Gasteiger partial charge in [0.05, 0.1) is 6.54 Å². The summed E-state index contributed by atoms with van der Waals surface area (Å²) in [6.45, 7) is 8.87. The second kappa shape index (κ2) is 14.1. The summed E-state index contributed by atoms with van der Waals surface area (Å²) in [7, 11) is 0. The Labute approximate surface area is 273 Å². The minimum absolute atomic E-state index is 0.153. The van der Waals surface area contributed by atoms with Gasteiger partial charge in [0.15, 0.2) is 11.7 Å². The summed E-state index contributed by atoms with van der Waals surface area (Å²) >= 11 is 0. The molecule has 0 atom stereocenters. The highest BCUT2D eigenvalue weighted by Crippen LogP contribution is 2.34. The number of rotatable bonds is 8. The fraction of sp³-hybridized carbons (Fsp3) is 0.140. The van der Waals surface area contributed by atoms with E-state index in [2.05, 4.69) is 147 Å². The highest BCUT2D eigenvalue weighted by Gasteiger charge is 2.23. The second-order valence-corrected chi connectivity index (χ2v) is 12.1. The van der Waals surface area contributed by atoms with Crippen LogP contribution in [0.4, 0.5) is 0 Å². The Balaban J connectivity index is 1.20. The van der Waals surface area contributed by atoms with E-state index in [-0.39, 0.29) is 5.41 Å². The molecule has 1 aliphatic carbocycles. The maximum atomic E-state index is 4.97. The average Bonchev–Trinajstić information content (AvgIpc) is 3.13. The first-order chi connectivity index (χ1) is 22.5. The van der Waals surface area contributed by atoms with Crippen molar-refractivity contribution in [1.29, 1.82) is 0 Å². The highest BCUT2D eigenvalue weighted by molar-refractivity contribution is 6.13. The van der Waals surface area contributed by atoms with Crippen molar-refractivity contribution >= 4 is 18.4 Å². The highest BCUT2D eigenvalue weighted by atomic mass is 15.0. The normalized spacial score (nSPS) is 13.7. The third kappa shape index (κ3) is 7.11. The third-order valence-electron chi connectivity index (χ3n) is 8.64. The Bertz CT molecular complexity index is 1910. The Morgan fingerprint density at radius 3 is 1.83 bits per heavy atom. The molecule has 0 aromatic heterocycles. The molecular weight excluding hydrogens is 558 g/mol. The zero-order chi connectivity index (χ0) is 31.8. The lowest BCUT2D eigenvalue weighted by Crippen LogP contribution is -2.18. The van der Waals surface area contributed by atoms with E-state index in [9.17, 15) is 0 Å². The number of aliphatic imine (C=N–C) groups is 3. The number of hydrogen-bond acceptors (Lipinski definition) is 1. The van der Waals surface area contributed by atoms with Gasteiger partial charge in [0.25, 0.3) is 0 Å². The molecule has 1 aliphatic rings. The van der Waals surface area contributed by atoms with E-state index >= 15 is 0 Å². The van der Waals surface area contributed by atoms with Gasteiger partial charge in [-0.2, -0.15) is 0 Å². The van der Waals surface area contributed by atoms with Crippen molar-refractivity contribution in [2.45, 2.75) is 38.6 Å². The van der Waals surface area contributed by atoms with Gasteiger partial charge in [0.1, 0.15) is 0 Å². The van der Waals surface area contributed by atoms with Crippen molar-refractivity contribution in [2.24, 2.45) is 15.0 Å². The molecule has 0 aliphatic heterocycles. The van der Waals surface area contributed by atoms with E-state index in [1.165, 1.54) is 33.4 Å². The largest absolute Gasteiger partial charge is 0.261 e. The lowest BCUT2D eigenvalue weighted by atomic mass is 9.77. The Hall–Kier alpha value is -5.41. The number of allylic oxidation sites excluding steroid dienone is 2. The minimum Gasteiger partial charge on any atom is -0.261 e. The number of nitrogens with zero attached hydrogens (tertiary/aromatic N) is 3. The van der Waals surface area contributed by atoms with Crippen LogP contribution in [0.2, 0.25) is 0 Å². The van der Waals surface area contributed by atoms with Crippen LogP contribution in [0.15, 0.2) is 172 Å². The molecular formula is C43H39N3. The van der Waals surface area contributed by atoms with Gasteiger partial charge in [0.2, 0.25) is 0 Å². The first kappa shape index (κ1) is 30.6. The van der Waals surface area contributed by atoms with E-state index < -0.39 is 0 Å². The number of benzene rings is 5. The fourth-order valence-corrected chi connectivity index (χ4v) is 5.80. The summed E-state index contributed by atoms with van der Waals surface area (Å²) in [5.41, 5.74) is 10.4. The van der Waals surface area contributed by atoms with Crippen molar-refractivity contribution < 1.29 is 0 Å². The Morgan fingerprint density at radius 2 is 1.22 bits per heavy atom. The monoisotopic (exact) mass is 597 g/mol. The van der Waals surface area contributed by atoms with E-state index in [0.717, 1.165) is 29.5 Å². The molecule has 0 amide bonds.